The number of rotatable bonds is 6. The monoisotopic (exact) mass is 386 g/mol. The lowest BCUT2D eigenvalue weighted by Crippen LogP contribution is -2.36. The van der Waals surface area contributed by atoms with E-state index in [4.69, 9.17) is 14.3 Å². The van der Waals surface area contributed by atoms with E-state index in [1.54, 1.807) is 26.4 Å². The van der Waals surface area contributed by atoms with Crippen LogP contribution in [0, 0.1) is 12.7 Å². The SMILES string of the molecule is COc1cc(C)c(C(C)NC(=O)C2CC(c3cccc(F)c3)=NO2)cc1OC. The van der Waals surface area contributed by atoms with E-state index in [9.17, 15) is 9.18 Å². The van der Waals surface area contributed by atoms with Gasteiger partial charge in [-0.15, -0.1) is 0 Å². The number of aryl methyl sites for hydroxylation is 1. The molecule has 1 heterocycles. The Morgan fingerprint density at radius 3 is 2.64 bits per heavy atom. The van der Waals surface area contributed by atoms with Crippen molar-refractivity contribution >= 4 is 11.6 Å². The van der Waals surface area contributed by atoms with E-state index in [2.05, 4.69) is 10.5 Å². The molecular weight excluding hydrogens is 363 g/mol. The zero-order valence-corrected chi connectivity index (χ0v) is 16.3. The first-order valence-electron chi connectivity index (χ1n) is 8.94. The third-order valence-electron chi connectivity index (χ3n) is 4.72. The zero-order chi connectivity index (χ0) is 20.3. The normalized spacial score (nSPS) is 16.8. The maximum Gasteiger partial charge on any atom is 0.264 e. The van der Waals surface area contributed by atoms with Gasteiger partial charge in [0, 0.05) is 12.0 Å². The molecule has 2 aromatic carbocycles. The lowest BCUT2D eigenvalue weighted by molar-refractivity contribution is -0.131. The Labute approximate surface area is 163 Å². The average molecular weight is 386 g/mol. The molecule has 148 valence electrons. The number of oxime groups is 1. The number of hydrogen-bond acceptors (Lipinski definition) is 5. The molecule has 2 atom stereocenters. The standard InChI is InChI=1S/C21H23FN2O4/c1-12-8-18(26-3)19(27-4)10-16(12)13(2)23-21(25)20-11-17(24-28-20)14-6-5-7-15(22)9-14/h5-10,13,20H,11H2,1-4H3,(H,23,25). The second-order valence-corrected chi connectivity index (χ2v) is 6.64. The van der Waals surface area contributed by atoms with E-state index in [0.717, 1.165) is 11.1 Å². The fraction of sp³-hybridized carbons (Fsp3) is 0.333. The van der Waals surface area contributed by atoms with Crippen LogP contribution in [-0.2, 0) is 9.63 Å². The lowest BCUT2D eigenvalue weighted by Gasteiger charge is -2.20. The minimum atomic E-state index is -0.749. The van der Waals surface area contributed by atoms with Crippen molar-refractivity contribution in [3.8, 4) is 11.5 Å². The van der Waals surface area contributed by atoms with Gasteiger partial charge in [-0.05, 0) is 49.2 Å². The summed E-state index contributed by atoms with van der Waals surface area (Å²) in [6.45, 7) is 3.83. The molecule has 0 radical (unpaired) electrons. The molecule has 0 fully saturated rings. The van der Waals surface area contributed by atoms with Gasteiger partial charge in [0.25, 0.3) is 5.91 Å². The van der Waals surface area contributed by atoms with E-state index in [-0.39, 0.29) is 24.2 Å². The molecule has 0 aliphatic carbocycles. The number of ether oxygens (including phenoxy) is 2. The second-order valence-electron chi connectivity index (χ2n) is 6.64. The number of amides is 1. The van der Waals surface area contributed by atoms with Crippen molar-refractivity contribution in [1.82, 2.24) is 5.32 Å². The number of hydrogen-bond donors (Lipinski definition) is 1. The molecule has 0 saturated heterocycles. The molecule has 2 aromatic rings. The molecule has 2 unspecified atom stereocenters. The van der Waals surface area contributed by atoms with Gasteiger partial charge in [0.15, 0.2) is 11.5 Å². The molecule has 0 saturated carbocycles. The molecule has 0 bridgehead atoms. The molecule has 6 nitrogen and oxygen atoms in total. The Bertz CT molecular complexity index is 913. The molecule has 1 amide bonds. The number of nitrogens with one attached hydrogen (secondary N) is 1. The summed E-state index contributed by atoms with van der Waals surface area (Å²) in [4.78, 5) is 17.9. The highest BCUT2D eigenvalue weighted by atomic mass is 19.1. The molecule has 7 heteroatoms. The van der Waals surface area contributed by atoms with Crippen LogP contribution in [0.15, 0.2) is 41.6 Å². The molecule has 1 aliphatic rings. The van der Waals surface area contributed by atoms with E-state index in [0.29, 0.717) is 22.8 Å². The Kier molecular flexibility index (Phi) is 5.82. The van der Waals surface area contributed by atoms with Gasteiger partial charge in [-0.1, -0.05) is 17.3 Å². The highest BCUT2D eigenvalue weighted by Gasteiger charge is 2.30. The van der Waals surface area contributed by atoms with Gasteiger partial charge in [0.2, 0.25) is 6.10 Å². The van der Waals surface area contributed by atoms with Crippen LogP contribution in [0.2, 0.25) is 0 Å². The molecular formula is C21H23FN2O4. The summed E-state index contributed by atoms with van der Waals surface area (Å²) in [6, 6.07) is 9.52. The van der Waals surface area contributed by atoms with Crippen molar-refractivity contribution in [3.05, 3.63) is 58.9 Å². The highest BCUT2D eigenvalue weighted by Crippen LogP contribution is 2.33. The maximum atomic E-state index is 13.4. The van der Waals surface area contributed by atoms with E-state index >= 15 is 0 Å². The summed E-state index contributed by atoms with van der Waals surface area (Å²) in [5, 5.41) is 6.89. The smallest absolute Gasteiger partial charge is 0.264 e. The van der Waals surface area contributed by atoms with Crippen molar-refractivity contribution in [2.75, 3.05) is 14.2 Å². The fourth-order valence-corrected chi connectivity index (χ4v) is 3.20. The first-order chi connectivity index (χ1) is 13.4. The molecule has 0 aromatic heterocycles. The van der Waals surface area contributed by atoms with Crippen LogP contribution in [-0.4, -0.2) is 31.9 Å². The van der Waals surface area contributed by atoms with Gasteiger partial charge in [0.05, 0.1) is 26.0 Å². The number of carbonyl (C=O) groups excluding carboxylic acids is 1. The molecule has 0 spiro atoms. The minimum absolute atomic E-state index is 0.269. The summed E-state index contributed by atoms with van der Waals surface area (Å²) >= 11 is 0. The van der Waals surface area contributed by atoms with Crippen LogP contribution in [0.4, 0.5) is 4.39 Å². The molecule has 1 aliphatic heterocycles. The third-order valence-corrected chi connectivity index (χ3v) is 4.72. The Balaban J connectivity index is 1.67. The zero-order valence-electron chi connectivity index (χ0n) is 16.3. The topological polar surface area (TPSA) is 69.2 Å². The molecule has 28 heavy (non-hydrogen) atoms. The highest BCUT2D eigenvalue weighted by molar-refractivity contribution is 6.04. The molecule has 1 N–H and O–H groups in total. The lowest BCUT2D eigenvalue weighted by atomic mass is 10.0. The van der Waals surface area contributed by atoms with Gasteiger partial charge in [-0.3, -0.25) is 4.79 Å². The van der Waals surface area contributed by atoms with Crippen LogP contribution in [0.25, 0.3) is 0 Å². The van der Waals surface area contributed by atoms with Gasteiger partial charge >= 0.3 is 0 Å². The van der Waals surface area contributed by atoms with Gasteiger partial charge < -0.3 is 19.6 Å². The van der Waals surface area contributed by atoms with Gasteiger partial charge in [0.1, 0.15) is 5.82 Å². The van der Waals surface area contributed by atoms with Crippen molar-refractivity contribution in [1.29, 1.82) is 0 Å². The predicted octanol–water partition coefficient (Wildman–Crippen LogP) is 3.52. The minimum Gasteiger partial charge on any atom is -0.493 e. The molecule has 3 rings (SSSR count). The van der Waals surface area contributed by atoms with E-state index in [1.165, 1.54) is 12.1 Å². The Morgan fingerprint density at radius 1 is 1.25 bits per heavy atom. The van der Waals surface area contributed by atoms with Crippen LogP contribution in [0.3, 0.4) is 0 Å². The van der Waals surface area contributed by atoms with Gasteiger partial charge in [-0.25, -0.2) is 4.39 Å². The maximum absolute atomic E-state index is 13.4. The summed E-state index contributed by atoms with van der Waals surface area (Å²) < 4.78 is 24.0. The van der Waals surface area contributed by atoms with Crippen LogP contribution >= 0.6 is 0 Å². The summed E-state index contributed by atoms with van der Waals surface area (Å²) in [7, 11) is 3.15. The van der Waals surface area contributed by atoms with Crippen molar-refractivity contribution in [2.24, 2.45) is 5.16 Å². The van der Waals surface area contributed by atoms with Crippen molar-refractivity contribution in [3.63, 3.8) is 0 Å². The Morgan fingerprint density at radius 2 is 1.96 bits per heavy atom. The second kappa shape index (κ2) is 8.29. The summed E-state index contributed by atoms with van der Waals surface area (Å²) in [6.07, 6.45) is -0.464. The van der Waals surface area contributed by atoms with Crippen LogP contribution < -0.4 is 14.8 Å². The number of halogens is 1. The number of methoxy groups -OCH3 is 2. The van der Waals surface area contributed by atoms with Gasteiger partial charge in [-0.2, -0.15) is 0 Å². The van der Waals surface area contributed by atoms with Crippen LogP contribution in [0.1, 0.15) is 36.1 Å². The Hall–Kier alpha value is -3.09. The summed E-state index contributed by atoms with van der Waals surface area (Å²) in [5.74, 6) is 0.593. The number of nitrogens with zero attached hydrogens (tertiary/aromatic N) is 1. The van der Waals surface area contributed by atoms with E-state index in [1.807, 2.05) is 26.0 Å². The predicted molar refractivity (Wildman–Crippen MR) is 103 cm³/mol. The van der Waals surface area contributed by atoms with Crippen LogP contribution in [0.5, 0.6) is 11.5 Å². The van der Waals surface area contributed by atoms with E-state index < -0.39 is 6.10 Å². The fourth-order valence-electron chi connectivity index (χ4n) is 3.20. The number of carbonyl (C=O) groups is 1. The van der Waals surface area contributed by atoms with Crippen molar-refractivity contribution < 1.29 is 23.5 Å². The first kappa shape index (κ1) is 19.7. The largest absolute Gasteiger partial charge is 0.493 e. The third kappa shape index (κ3) is 4.08. The quantitative estimate of drug-likeness (QED) is 0.825. The van der Waals surface area contributed by atoms with Crippen molar-refractivity contribution in [2.45, 2.75) is 32.4 Å². The number of benzene rings is 2. The first-order valence-corrected chi connectivity index (χ1v) is 8.94. The summed E-state index contributed by atoms with van der Waals surface area (Å²) in [5.41, 5.74) is 3.04. The average Bonchev–Trinajstić information content (AvgIpc) is 3.18.